The van der Waals surface area contributed by atoms with E-state index in [1.165, 1.54) is 11.0 Å². The molecule has 1 aliphatic rings. The molecule has 5 nitrogen and oxygen atoms in total. The van der Waals surface area contributed by atoms with E-state index in [1.807, 2.05) is 0 Å². The number of sulfonamides is 1. The molecule has 1 amide bonds. The molecular weight excluding hydrogens is 338 g/mol. The van der Waals surface area contributed by atoms with Gasteiger partial charge in [0.15, 0.2) is 4.90 Å². The van der Waals surface area contributed by atoms with Gasteiger partial charge in [-0.2, -0.15) is 0 Å². The fourth-order valence-electron chi connectivity index (χ4n) is 2.67. The van der Waals surface area contributed by atoms with Crippen molar-refractivity contribution in [3.05, 3.63) is 53.6 Å². The zero-order chi connectivity index (χ0) is 17.5. The number of fused-ring (bicyclic) bond motifs is 1. The summed E-state index contributed by atoms with van der Waals surface area (Å²) in [5.74, 6) is -2.35. The minimum atomic E-state index is -4.41. The van der Waals surface area contributed by atoms with E-state index in [-0.39, 0.29) is 11.6 Å². The summed E-state index contributed by atoms with van der Waals surface area (Å²) in [6.07, 6.45) is 0.795. The first-order valence-electron chi connectivity index (χ1n) is 7.16. The van der Waals surface area contributed by atoms with Crippen LogP contribution in [0.2, 0.25) is 0 Å². The quantitative estimate of drug-likeness (QED) is 0.924. The third-order valence-electron chi connectivity index (χ3n) is 3.86. The van der Waals surface area contributed by atoms with Crippen molar-refractivity contribution < 1.29 is 22.0 Å². The Morgan fingerprint density at radius 2 is 1.75 bits per heavy atom. The number of aryl methyl sites for hydroxylation is 1. The summed E-state index contributed by atoms with van der Waals surface area (Å²) in [5.41, 5.74) is 1.65. The highest BCUT2D eigenvalue weighted by Gasteiger charge is 2.25. The van der Waals surface area contributed by atoms with E-state index in [2.05, 4.69) is 4.72 Å². The maximum Gasteiger partial charge on any atom is 0.267 e. The Balaban J connectivity index is 1.96. The topological polar surface area (TPSA) is 66.5 Å². The van der Waals surface area contributed by atoms with Crippen LogP contribution in [0.3, 0.4) is 0 Å². The number of hydrogen-bond acceptors (Lipinski definition) is 3. The number of rotatable bonds is 3. The lowest BCUT2D eigenvalue weighted by Crippen LogP contribution is -2.31. The molecule has 0 radical (unpaired) electrons. The van der Waals surface area contributed by atoms with Crippen molar-refractivity contribution in [2.45, 2.75) is 17.7 Å². The van der Waals surface area contributed by atoms with Crippen LogP contribution in [0.5, 0.6) is 0 Å². The monoisotopic (exact) mass is 352 g/mol. The second kappa shape index (κ2) is 5.86. The van der Waals surface area contributed by atoms with Gasteiger partial charge >= 0.3 is 0 Å². The first kappa shape index (κ1) is 16.4. The van der Waals surface area contributed by atoms with Crippen molar-refractivity contribution >= 4 is 27.3 Å². The van der Waals surface area contributed by atoms with Crippen molar-refractivity contribution in [1.82, 2.24) is 0 Å². The highest BCUT2D eigenvalue weighted by atomic mass is 32.2. The molecule has 1 N–H and O–H groups in total. The Morgan fingerprint density at radius 1 is 1.08 bits per heavy atom. The van der Waals surface area contributed by atoms with Crippen LogP contribution >= 0.6 is 0 Å². The molecular formula is C16H14F2N2O3S. The van der Waals surface area contributed by atoms with Crippen LogP contribution in [-0.2, 0) is 21.2 Å². The Kier molecular flexibility index (Phi) is 4.00. The Bertz CT molecular complexity index is 909. The van der Waals surface area contributed by atoms with E-state index in [9.17, 15) is 22.0 Å². The number of hydrogen-bond donors (Lipinski definition) is 1. The third kappa shape index (κ3) is 2.84. The fraction of sp³-hybridized carbons (Fsp3) is 0.188. The van der Waals surface area contributed by atoms with Gasteiger partial charge in [-0.15, -0.1) is 0 Å². The molecule has 0 spiro atoms. The number of amides is 1. The summed E-state index contributed by atoms with van der Waals surface area (Å²) >= 11 is 0. The molecule has 8 heteroatoms. The highest BCUT2D eigenvalue weighted by Crippen LogP contribution is 2.30. The summed E-state index contributed by atoms with van der Waals surface area (Å²) in [5, 5.41) is 0. The van der Waals surface area contributed by atoms with E-state index in [0.29, 0.717) is 18.5 Å². The zero-order valence-electron chi connectivity index (χ0n) is 12.7. The smallest absolute Gasteiger partial charge is 0.267 e. The number of nitrogens with one attached hydrogen (secondary N) is 1. The second-order valence-corrected chi connectivity index (χ2v) is 7.07. The van der Waals surface area contributed by atoms with Gasteiger partial charge in [0.05, 0.1) is 0 Å². The number of anilines is 2. The van der Waals surface area contributed by atoms with Gasteiger partial charge in [-0.25, -0.2) is 17.2 Å². The van der Waals surface area contributed by atoms with Crippen LogP contribution in [0.15, 0.2) is 41.3 Å². The molecule has 0 atom stereocenters. The second-order valence-electron chi connectivity index (χ2n) is 5.45. The van der Waals surface area contributed by atoms with E-state index in [1.54, 1.807) is 19.2 Å². The molecule has 2 aromatic rings. The Morgan fingerprint density at radius 3 is 2.42 bits per heavy atom. The number of halogens is 2. The van der Waals surface area contributed by atoms with Crippen molar-refractivity contribution in [1.29, 1.82) is 0 Å². The van der Waals surface area contributed by atoms with Crippen molar-refractivity contribution in [2.75, 3.05) is 16.7 Å². The minimum Gasteiger partial charge on any atom is -0.315 e. The standard InChI is InChI=1S/C16H14F2N2O3S/c1-20-14-7-6-11(9-10(14)5-8-15(20)21)19-24(22,23)16-12(17)3-2-4-13(16)18/h2-4,6-7,9,19H,5,8H2,1H3. The minimum absolute atomic E-state index is 0.0238. The first-order valence-corrected chi connectivity index (χ1v) is 8.64. The maximum absolute atomic E-state index is 13.7. The molecule has 3 rings (SSSR count). The van der Waals surface area contributed by atoms with Gasteiger partial charge in [0.25, 0.3) is 10.0 Å². The molecule has 24 heavy (non-hydrogen) atoms. The van der Waals surface area contributed by atoms with Gasteiger partial charge in [0, 0.05) is 24.8 Å². The average molecular weight is 352 g/mol. The van der Waals surface area contributed by atoms with Crippen LogP contribution < -0.4 is 9.62 Å². The Labute approximate surface area is 138 Å². The van der Waals surface area contributed by atoms with Crippen LogP contribution in [0.25, 0.3) is 0 Å². The third-order valence-corrected chi connectivity index (χ3v) is 5.29. The largest absolute Gasteiger partial charge is 0.315 e. The van der Waals surface area contributed by atoms with E-state index < -0.39 is 26.6 Å². The molecule has 0 unspecified atom stereocenters. The van der Waals surface area contributed by atoms with Crippen LogP contribution in [0.1, 0.15) is 12.0 Å². The summed E-state index contributed by atoms with van der Waals surface area (Å²) in [7, 11) is -2.77. The van der Waals surface area contributed by atoms with Gasteiger partial charge in [-0.1, -0.05) is 6.07 Å². The average Bonchev–Trinajstić information content (AvgIpc) is 2.50. The van der Waals surface area contributed by atoms with Crippen LogP contribution in [0, 0.1) is 11.6 Å². The van der Waals surface area contributed by atoms with Crippen LogP contribution in [0.4, 0.5) is 20.2 Å². The maximum atomic E-state index is 13.7. The lowest BCUT2D eigenvalue weighted by atomic mass is 10.0. The molecule has 0 saturated carbocycles. The van der Waals surface area contributed by atoms with Gasteiger partial charge in [-0.3, -0.25) is 9.52 Å². The number of benzene rings is 2. The SMILES string of the molecule is CN1C(=O)CCc2cc(NS(=O)(=O)c3c(F)cccc3F)ccc21. The lowest BCUT2D eigenvalue weighted by Gasteiger charge is -2.26. The predicted octanol–water partition coefficient (Wildman–Crippen LogP) is 2.67. The molecule has 0 aromatic heterocycles. The van der Waals surface area contributed by atoms with E-state index in [4.69, 9.17) is 0 Å². The summed E-state index contributed by atoms with van der Waals surface area (Å²) in [4.78, 5) is 12.1. The molecule has 0 fully saturated rings. The highest BCUT2D eigenvalue weighted by molar-refractivity contribution is 7.92. The predicted molar refractivity (Wildman–Crippen MR) is 85.3 cm³/mol. The summed E-state index contributed by atoms with van der Waals surface area (Å²) in [6.45, 7) is 0. The Hall–Kier alpha value is -2.48. The summed E-state index contributed by atoms with van der Waals surface area (Å²) in [6, 6.07) is 7.46. The van der Waals surface area contributed by atoms with Crippen molar-refractivity contribution in [3.63, 3.8) is 0 Å². The summed E-state index contributed by atoms with van der Waals surface area (Å²) < 4.78 is 54.2. The molecule has 0 saturated heterocycles. The van der Waals surface area contributed by atoms with Gasteiger partial charge in [0.2, 0.25) is 5.91 Å². The van der Waals surface area contributed by atoms with Crippen molar-refractivity contribution in [3.8, 4) is 0 Å². The van der Waals surface area contributed by atoms with Gasteiger partial charge in [0.1, 0.15) is 11.6 Å². The van der Waals surface area contributed by atoms with Gasteiger partial charge < -0.3 is 4.90 Å². The van der Waals surface area contributed by atoms with Crippen LogP contribution in [-0.4, -0.2) is 21.4 Å². The lowest BCUT2D eigenvalue weighted by molar-refractivity contribution is -0.118. The fourth-order valence-corrected chi connectivity index (χ4v) is 3.85. The molecule has 0 bridgehead atoms. The molecule has 0 aliphatic carbocycles. The molecule has 2 aromatic carbocycles. The van der Waals surface area contributed by atoms with Crippen molar-refractivity contribution in [2.24, 2.45) is 0 Å². The van der Waals surface area contributed by atoms with E-state index >= 15 is 0 Å². The van der Waals surface area contributed by atoms with Gasteiger partial charge in [-0.05, 0) is 42.3 Å². The number of nitrogens with zero attached hydrogens (tertiary/aromatic N) is 1. The number of carbonyl (C=O) groups is 1. The zero-order valence-corrected chi connectivity index (χ0v) is 13.5. The van der Waals surface area contributed by atoms with E-state index in [0.717, 1.165) is 23.8 Å². The number of carbonyl (C=O) groups excluding carboxylic acids is 1. The normalized spacial score (nSPS) is 14.5. The molecule has 126 valence electrons. The molecule has 1 aliphatic heterocycles. The first-order chi connectivity index (χ1) is 11.3. The molecule has 1 heterocycles.